The lowest BCUT2D eigenvalue weighted by Crippen LogP contribution is -2.20. The maximum atomic E-state index is 13.4. The number of hydrogen-bond acceptors (Lipinski definition) is 5. The zero-order valence-electron chi connectivity index (χ0n) is 16.6. The van der Waals surface area contributed by atoms with Gasteiger partial charge >= 0.3 is 0 Å². The number of ether oxygens (including phenoxy) is 1. The summed E-state index contributed by atoms with van der Waals surface area (Å²) in [6, 6.07) is 9.05. The lowest BCUT2D eigenvalue weighted by Gasteiger charge is -2.17. The summed E-state index contributed by atoms with van der Waals surface area (Å²) in [6.07, 6.45) is 6.71. The second kappa shape index (κ2) is 6.47. The lowest BCUT2D eigenvalue weighted by atomic mass is 10.0. The molecule has 0 aliphatic heterocycles. The van der Waals surface area contributed by atoms with E-state index in [1.807, 2.05) is 6.07 Å². The van der Waals surface area contributed by atoms with Gasteiger partial charge in [-0.3, -0.25) is 4.79 Å². The van der Waals surface area contributed by atoms with E-state index in [1.54, 1.807) is 37.6 Å². The molecule has 2 N–H and O–H groups in total. The van der Waals surface area contributed by atoms with E-state index < -0.39 is 14.5 Å². The molecule has 2 aliphatic rings. The molecule has 0 bridgehead atoms. The number of aryl methyl sites for hydroxylation is 1. The monoisotopic (exact) mass is 422 g/mol. The number of H-pyrrole nitrogens is 1. The second-order valence-electron chi connectivity index (χ2n) is 8.30. The molecule has 2 fully saturated rings. The first kappa shape index (κ1) is 18.9. The number of aromatic nitrogens is 2. The first-order valence-electron chi connectivity index (χ1n) is 10.00. The summed E-state index contributed by atoms with van der Waals surface area (Å²) in [4.78, 5) is 15.8. The van der Waals surface area contributed by atoms with Gasteiger partial charge in [-0.25, -0.2) is 8.99 Å². The quantitative estimate of drug-likeness (QED) is 0.629. The summed E-state index contributed by atoms with van der Waals surface area (Å²) in [5.41, 5.74) is 1.79. The fourth-order valence-electron chi connectivity index (χ4n) is 3.80. The molecular formula is C22H22N4O3S. The number of fused-ring (bicyclic) bond motifs is 1. The normalized spacial score (nSPS) is 19.2. The van der Waals surface area contributed by atoms with Gasteiger partial charge < -0.3 is 14.3 Å². The summed E-state index contributed by atoms with van der Waals surface area (Å²) in [5, 5.41) is 10.3. The van der Waals surface area contributed by atoms with Crippen LogP contribution in [0.2, 0.25) is 0 Å². The Morgan fingerprint density at radius 1 is 1.33 bits per heavy atom. The van der Waals surface area contributed by atoms with Gasteiger partial charge in [-0.2, -0.15) is 5.26 Å². The van der Waals surface area contributed by atoms with Crippen molar-refractivity contribution < 1.29 is 8.95 Å². The van der Waals surface area contributed by atoms with Gasteiger partial charge in [-0.1, -0.05) is 0 Å². The minimum Gasteiger partial charge on any atom is -0.493 e. The molecule has 2 saturated carbocycles. The fourth-order valence-corrected chi connectivity index (χ4v) is 5.60. The standard InChI is InChI=1S/C22H22N4O3S/c1-26-11-18(16-6-9-25-20(16)21(26)27)17-10-15(30(24,28)22(13-23)7-8-22)4-5-19(17)29-12-14-2-3-14/h4-6,9-11,14,24-25H,2-3,7-8,12H2,1H3. The maximum Gasteiger partial charge on any atom is 0.274 e. The SMILES string of the molecule is Cn1cc(-c2cc(S(=N)(=O)C3(C#N)CC3)ccc2OCC2CC2)c2cc[nH]c2c1=O. The number of rotatable bonds is 6. The minimum absolute atomic E-state index is 0.138. The van der Waals surface area contributed by atoms with Crippen molar-refractivity contribution in [2.45, 2.75) is 35.3 Å². The third-order valence-corrected chi connectivity index (χ3v) is 8.61. The highest BCUT2D eigenvalue weighted by Crippen LogP contribution is 2.48. The molecule has 2 aromatic heterocycles. The summed E-state index contributed by atoms with van der Waals surface area (Å²) in [5.74, 6) is 1.18. The number of pyridine rings is 1. The van der Waals surface area contributed by atoms with E-state index in [0.717, 1.165) is 23.8 Å². The van der Waals surface area contributed by atoms with Crippen LogP contribution < -0.4 is 10.3 Å². The summed E-state index contributed by atoms with van der Waals surface area (Å²) < 4.78 is 28.4. The highest BCUT2D eigenvalue weighted by Gasteiger charge is 2.53. The van der Waals surface area contributed by atoms with Crippen LogP contribution in [0, 0.1) is 22.0 Å². The third-order valence-electron chi connectivity index (χ3n) is 6.10. The molecule has 154 valence electrons. The van der Waals surface area contributed by atoms with Gasteiger partial charge in [0, 0.05) is 40.8 Å². The molecule has 30 heavy (non-hydrogen) atoms. The molecule has 0 radical (unpaired) electrons. The van der Waals surface area contributed by atoms with Crippen LogP contribution in [0.4, 0.5) is 0 Å². The Balaban J connectivity index is 1.71. The van der Waals surface area contributed by atoms with Crippen LogP contribution in [0.3, 0.4) is 0 Å². The third kappa shape index (κ3) is 2.84. The largest absolute Gasteiger partial charge is 0.493 e. The molecule has 0 spiro atoms. The van der Waals surface area contributed by atoms with E-state index in [-0.39, 0.29) is 5.56 Å². The topological polar surface area (TPSA) is 112 Å². The van der Waals surface area contributed by atoms with Gasteiger partial charge in [-0.15, -0.1) is 0 Å². The Morgan fingerprint density at radius 2 is 2.10 bits per heavy atom. The van der Waals surface area contributed by atoms with Crippen molar-refractivity contribution in [3.8, 4) is 22.9 Å². The maximum absolute atomic E-state index is 13.4. The molecule has 7 nitrogen and oxygen atoms in total. The predicted octanol–water partition coefficient (Wildman–Crippen LogP) is 3.78. The average molecular weight is 423 g/mol. The molecule has 1 atom stereocenters. The summed E-state index contributed by atoms with van der Waals surface area (Å²) >= 11 is 0. The van der Waals surface area contributed by atoms with E-state index in [0.29, 0.717) is 47.1 Å². The Kier molecular flexibility index (Phi) is 4.09. The zero-order chi connectivity index (χ0) is 21.1. The van der Waals surface area contributed by atoms with Crippen molar-refractivity contribution in [1.29, 1.82) is 10.0 Å². The van der Waals surface area contributed by atoms with Crippen molar-refractivity contribution in [3.63, 3.8) is 0 Å². The van der Waals surface area contributed by atoms with E-state index in [1.165, 1.54) is 4.57 Å². The molecular weight excluding hydrogens is 400 g/mol. The Labute approximate surface area is 174 Å². The van der Waals surface area contributed by atoms with Gasteiger partial charge in [0.2, 0.25) is 0 Å². The number of nitrogens with one attached hydrogen (secondary N) is 2. The van der Waals surface area contributed by atoms with Crippen LogP contribution in [0.1, 0.15) is 25.7 Å². The van der Waals surface area contributed by atoms with Crippen LogP contribution >= 0.6 is 0 Å². The van der Waals surface area contributed by atoms with Gasteiger partial charge in [0.05, 0.1) is 22.4 Å². The Morgan fingerprint density at radius 3 is 2.77 bits per heavy atom. The van der Waals surface area contributed by atoms with E-state index >= 15 is 0 Å². The van der Waals surface area contributed by atoms with Gasteiger partial charge in [0.15, 0.2) is 0 Å². The predicted molar refractivity (Wildman–Crippen MR) is 114 cm³/mol. The molecule has 0 saturated heterocycles. The Hall–Kier alpha value is -3.05. The molecule has 5 rings (SSSR count). The van der Waals surface area contributed by atoms with E-state index in [4.69, 9.17) is 9.52 Å². The first-order valence-corrected chi connectivity index (χ1v) is 11.6. The average Bonchev–Trinajstić information content (AvgIpc) is 3.67. The Bertz CT molecular complexity index is 1370. The van der Waals surface area contributed by atoms with Crippen molar-refractivity contribution in [2.75, 3.05) is 6.61 Å². The molecule has 2 heterocycles. The van der Waals surface area contributed by atoms with Gasteiger partial charge in [0.25, 0.3) is 5.56 Å². The number of hydrogen-bond donors (Lipinski definition) is 2. The van der Waals surface area contributed by atoms with E-state index in [9.17, 15) is 14.3 Å². The van der Waals surface area contributed by atoms with Crippen LogP contribution in [0.5, 0.6) is 5.75 Å². The van der Waals surface area contributed by atoms with Crippen LogP contribution in [0.25, 0.3) is 22.0 Å². The summed E-state index contributed by atoms with van der Waals surface area (Å²) in [7, 11) is -1.61. The molecule has 8 heteroatoms. The van der Waals surface area contributed by atoms with Gasteiger partial charge in [-0.05, 0) is 55.9 Å². The van der Waals surface area contributed by atoms with Crippen LogP contribution in [-0.4, -0.2) is 25.1 Å². The van der Waals surface area contributed by atoms with Crippen molar-refractivity contribution in [3.05, 3.63) is 47.0 Å². The van der Waals surface area contributed by atoms with Crippen molar-refractivity contribution in [1.82, 2.24) is 9.55 Å². The molecule has 1 aromatic carbocycles. The highest BCUT2D eigenvalue weighted by atomic mass is 32.2. The van der Waals surface area contributed by atoms with E-state index in [2.05, 4.69) is 11.1 Å². The first-order chi connectivity index (χ1) is 14.4. The van der Waals surface area contributed by atoms with Crippen molar-refractivity contribution in [2.24, 2.45) is 13.0 Å². The van der Waals surface area contributed by atoms with Crippen LogP contribution in [0.15, 0.2) is 46.3 Å². The fraction of sp³-hybridized carbons (Fsp3) is 0.364. The molecule has 3 aromatic rings. The number of nitrogens with zero attached hydrogens (tertiary/aromatic N) is 2. The number of aromatic amines is 1. The van der Waals surface area contributed by atoms with Crippen molar-refractivity contribution >= 4 is 20.6 Å². The minimum atomic E-state index is -3.29. The smallest absolute Gasteiger partial charge is 0.274 e. The van der Waals surface area contributed by atoms with Crippen LogP contribution in [-0.2, 0) is 16.8 Å². The van der Waals surface area contributed by atoms with Gasteiger partial charge in [0.1, 0.15) is 16.0 Å². The zero-order valence-corrected chi connectivity index (χ0v) is 17.4. The summed E-state index contributed by atoms with van der Waals surface area (Å²) in [6.45, 7) is 0.604. The number of nitriles is 1. The second-order valence-corrected chi connectivity index (χ2v) is 10.7. The number of benzene rings is 1. The lowest BCUT2D eigenvalue weighted by molar-refractivity contribution is 0.301. The molecule has 1 unspecified atom stereocenters. The highest BCUT2D eigenvalue weighted by molar-refractivity contribution is 7.94. The molecule has 2 aliphatic carbocycles. The molecule has 0 amide bonds.